The number of halogens is 1. The smallest absolute Gasteiger partial charge is 0.225 e. The molecule has 0 unspecified atom stereocenters. The Balaban J connectivity index is 3.05. The van der Waals surface area contributed by atoms with Crippen molar-refractivity contribution in [1.29, 1.82) is 0 Å². The van der Waals surface area contributed by atoms with Crippen molar-refractivity contribution in [3.63, 3.8) is 0 Å². The van der Waals surface area contributed by atoms with Crippen molar-refractivity contribution in [3.8, 4) is 0 Å². The Morgan fingerprint density at radius 1 is 1.45 bits per heavy atom. The van der Waals surface area contributed by atoms with Crippen LogP contribution < -0.4 is 0 Å². The van der Waals surface area contributed by atoms with E-state index >= 15 is 0 Å². The van der Waals surface area contributed by atoms with Gasteiger partial charge in [0.15, 0.2) is 6.29 Å². The second-order valence-electron chi connectivity index (χ2n) is 1.99. The summed E-state index contributed by atoms with van der Waals surface area (Å²) in [7, 11) is 0. The first kappa shape index (κ1) is 8.39. The highest BCUT2D eigenvalue weighted by Gasteiger charge is 2.02. The van der Waals surface area contributed by atoms with E-state index in [1.165, 1.54) is 0 Å². The molecule has 0 saturated heterocycles. The molecule has 0 amide bonds. The van der Waals surface area contributed by atoms with Crippen molar-refractivity contribution in [2.24, 2.45) is 0 Å². The van der Waals surface area contributed by atoms with Gasteiger partial charge in [-0.1, -0.05) is 12.1 Å². The summed E-state index contributed by atoms with van der Waals surface area (Å²) in [6, 6.07) is 6.91. The Hall–Kier alpha value is -0.710. The summed E-state index contributed by atoms with van der Waals surface area (Å²) in [4.78, 5) is 20.9. The molecule has 1 rings (SSSR count). The fourth-order valence-electron chi connectivity index (χ4n) is 0.710. The molecule has 1 aromatic carbocycles. The maximum Gasteiger partial charge on any atom is 0.225 e. The fraction of sp³-hybridized carbons (Fsp3) is 0. The number of hydrogen-bond acceptors (Lipinski definition) is 2. The minimum absolute atomic E-state index is 0.325. The maximum absolute atomic E-state index is 10.8. The zero-order valence-corrected chi connectivity index (χ0v) is 7.74. The highest BCUT2D eigenvalue weighted by molar-refractivity contribution is 14.1. The van der Waals surface area contributed by atoms with Gasteiger partial charge in [-0.25, -0.2) is 0 Å². The van der Waals surface area contributed by atoms with Gasteiger partial charge in [0.25, 0.3) is 0 Å². The van der Waals surface area contributed by atoms with Gasteiger partial charge in [0.05, 0.1) is 0 Å². The van der Waals surface area contributed by atoms with Gasteiger partial charge in [0.2, 0.25) is 5.78 Å². The zero-order valence-electron chi connectivity index (χ0n) is 5.58. The predicted molar refractivity (Wildman–Crippen MR) is 49.6 cm³/mol. The van der Waals surface area contributed by atoms with Gasteiger partial charge in [0, 0.05) is 9.13 Å². The van der Waals surface area contributed by atoms with Crippen LogP contribution in [-0.4, -0.2) is 12.1 Å². The van der Waals surface area contributed by atoms with Crippen LogP contribution in [0.15, 0.2) is 24.3 Å². The lowest BCUT2D eigenvalue weighted by atomic mass is 10.1. The number of aldehydes is 1. The molecule has 0 aromatic heterocycles. The largest absolute Gasteiger partial charge is 0.294 e. The number of Topliss-reactive ketones (excluding diaryl/α,β-unsaturated/α-hetero) is 1. The van der Waals surface area contributed by atoms with Crippen LogP contribution in [0.4, 0.5) is 0 Å². The van der Waals surface area contributed by atoms with Crippen molar-refractivity contribution >= 4 is 34.7 Å². The first-order chi connectivity index (χ1) is 5.24. The topological polar surface area (TPSA) is 34.1 Å². The van der Waals surface area contributed by atoms with Crippen LogP contribution in [0.3, 0.4) is 0 Å². The van der Waals surface area contributed by atoms with Crippen LogP contribution in [0.2, 0.25) is 0 Å². The van der Waals surface area contributed by atoms with Crippen molar-refractivity contribution in [3.05, 3.63) is 33.4 Å². The van der Waals surface area contributed by atoms with Gasteiger partial charge in [0.1, 0.15) is 0 Å². The van der Waals surface area contributed by atoms with Gasteiger partial charge in [-0.05, 0) is 34.7 Å². The Kier molecular flexibility index (Phi) is 2.76. The van der Waals surface area contributed by atoms with Gasteiger partial charge < -0.3 is 0 Å². The Labute approximate surface area is 77.7 Å². The second kappa shape index (κ2) is 3.61. The van der Waals surface area contributed by atoms with Gasteiger partial charge >= 0.3 is 0 Å². The molecule has 2 nitrogen and oxygen atoms in total. The molecule has 0 N–H and O–H groups in total. The van der Waals surface area contributed by atoms with E-state index in [1.807, 2.05) is 6.07 Å². The average Bonchev–Trinajstić information content (AvgIpc) is 2.03. The van der Waals surface area contributed by atoms with Crippen LogP contribution >= 0.6 is 22.6 Å². The van der Waals surface area contributed by atoms with E-state index in [-0.39, 0.29) is 0 Å². The number of carbonyl (C=O) groups excluding carboxylic acids is 2. The molecule has 0 saturated carbocycles. The summed E-state index contributed by atoms with van der Waals surface area (Å²) in [6.45, 7) is 0. The number of hydrogen-bond donors (Lipinski definition) is 0. The molecule has 0 fully saturated rings. The van der Waals surface area contributed by atoms with Gasteiger partial charge in [-0.2, -0.15) is 0 Å². The van der Waals surface area contributed by atoms with E-state index in [1.54, 1.807) is 18.2 Å². The molecule has 3 heteroatoms. The van der Waals surface area contributed by atoms with Gasteiger partial charge in [-0.15, -0.1) is 0 Å². The summed E-state index contributed by atoms with van der Waals surface area (Å²) in [5.74, 6) is -0.469. The first-order valence-corrected chi connectivity index (χ1v) is 4.07. The SMILES string of the molecule is O=CC(=O)c1cccc(I)c1. The highest BCUT2D eigenvalue weighted by Crippen LogP contribution is 2.07. The quantitative estimate of drug-likeness (QED) is 0.351. The lowest BCUT2D eigenvalue weighted by Crippen LogP contribution is -1.99. The zero-order chi connectivity index (χ0) is 8.27. The van der Waals surface area contributed by atoms with Crippen molar-refractivity contribution < 1.29 is 9.59 Å². The van der Waals surface area contributed by atoms with Crippen LogP contribution in [0.5, 0.6) is 0 Å². The molecule has 56 valence electrons. The van der Waals surface area contributed by atoms with E-state index in [9.17, 15) is 9.59 Å². The molecule has 0 spiro atoms. The summed E-state index contributed by atoms with van der Waals surface area (Å²) in [5, 5.41) is 0. The molecule has 0 bridgehead atoms. The summed E-state index contributed by atoms with van der Waals surface area (Å²) in [6.07, 6.45) is 0.325. The lowest BCUT2D eigenvalue weighted by molar-refractivity contribution is -0.104. The standard InChI is InChI=1S/C8H5IO2/c9-7-3-1-2-6(4-7)8(11)5-10/h1-5H. The van der Waals surface area contributed by atoms with E-state index in [4.69, 9.17) is 0 Å². The lowest BCUT2D eigenvalue weighted by Gasteiger charge is -1.92. The first-order valence-electron chi connectivity index (χ1n) is 2.99. The van der Waals surface area contributed by atoms with E-state index < -0.39 is 5.78 Å². The predicted octanol–water partition coefficient (Wildman–Crippen LogP) is 1.67. The third-order valence-electron chi connectivity index (χ3n) is 1.22. The molecule has 0 aliphatic carbocycles. The number of benzene rings is 1. The summed E-state index contributed by atoms with van der Waals surface area (Å²) >= 11 is 2.09. The average molecular weight is 260 g/mol. The molecule has 0 heterocycles. The van der Waals surface area contributed by atoms with Crippen LogP contribution in [0, 0.1) is 3.57 Å². The number of ketones is 1. The molecular weight excluding hydrogens is 255 g/mol. The van der Waals surface area contributed by atoms with E-state index in [2.05, 4.69) is 22.6 Å². The summed E-state index contributed by atoms with van der Waals surface area (Å²) in [5.41, 5.74) is 0.451. The van der Waals surface area contributed by atoms with Gasteiger partial charge in [-0.3, -0.25) is 9.59 Å². The minimum atomic E-state index is -0.469. The molecule has 11 heavy (non-hydrogen) atoms. The summed E-state index contributed by atoms with van der Waals surface area (Å²) < 4.78 is 0.954. The Bertz CT molecular complexity index is 294. The third kappa shape index (κ3) is 2.11. The van der Waals surface area contributed by atoms with E-state index in [0.29, 0.717) is 11.8 Å². The monoisotopic (exact) mass is 260 g/mol. The molecule has 1 aromatic rings. The molecule has 0 radical (unpaired) electrons. The van der Waals surface area contributed by atoms with Crippen LogP contribution in [-0.2, 0) is 4.79 Å². The van der Waals surface area contributed by atoms with Crippen molar-refractivity contribution in [1.82, 2.24) is 0 Å². The van der Waals surface area contributed by atoms with Crippen LogP contribution in [0.1, 0.15) is 10.4 Å². The maximum atomic E-state index is 10.8. The fourth-order valence-corrected chi connectivity index (χ4v) is 1.25. The Morgan fingerprint density at radius 3 is 2.73 bits per heavy atom. The van der Waals surface area contributed by atoms with E-state index in [0.717, 1.165) is 3.57 Å². The normalized spacial score (nSPS) is 9.18. The minimum Gasteiger partial charge on any atom is -0.294 e. The third-order valence-corrected chi connectivity index (χ3v) is 1.89. The van der Waals surface area contributed by atoms with Crippen molar-refractivity contribution in [2.45, 2.75) is 0 Å². The number of carbonyl (C=O) groups is 2. The molecule has 0 aliphatic rings. The van der Waals surface area contributed by atoms with Crippen LogP contribution in [0.25, 0.3) is 0 Å². The van der Waals surface area contributed by atoms with Crippen molar-refractivity contribution in [2.75, 3.05) is 0 Å². The molecule has 0 aliphatic heterocycles. The second-order valence-corrected chi connectivity index (χ2v) is 3.24. The molecule has 0 atom stereocenters. The highest BCUT2D eigenvalue weighted by atomic mass is 127. The molecular formula is C8H5IO2. The number of rotatable bonds is 2. The Morgan fingerprint density at radius 2 is 2.18 bits per heavy atom.